The maximum absolute atomic E-state index is 12.7. The zero-order valence-electron chi connectivity index (χ0n) is 14.1. The van der Waals surface area contributed by atoms with Crippen LogP contribution in [0, 0.1) is 0 Å². The molecule has 3 aromatic rings. The summed E-state index contributed by atoms with van der Waals surface area (Å²) in [5, 5.41) is 11.0. The van der Waals surface area contributed by atoms with E-state index in [0.29, 0.717) is 12.1 Å². The highest BCUT2D eigenvalue weighted by Crippen LogP contribution is 2.25. The molecular weight excluding hydrogens is 386 g/mol. The van der Waals surface area contributed by atoms with Gasteiger partial charge in [0.2, 0.25) is 0 Å². The fourth-order valence-corrected chi connectivity index (χ4v) is 3.94. The Bertz CT molecular complexity index is 1080. The number of benzene rings is 3. The highest BCUT2D eigenvalue weighted by atomic mass is 35.5. The van der Waals surface area contributed by atoms with Crippen LogP contribution in [0.5, 0.6) is 0 Å². The van der Waals surface area contributed by atoms with Gasteiger partial charge in [0, 0.05) is 10.6 Å². The molecule has 5 nitrogen and oxygen atoms in total. The molecule has 0 fully saturated rings. The van der Waals surface area contributed by atoms with Crippen LogP contribution in [0.1, 0.15) is 21.5 Å². The van der Waals surface area contributed by atoms with E-state index >= 15 is 0 Å². The van der Waals surface area contributed by atoms with Gasteiger partial charge in [-0.15, -0.1) is 0 Å². The molecule has 0 aromatic heterocycles. The normalized spacial score (nSPS) is 11.1. The zero-order valence-corrected chi connectivity index (χ0v) is 15.6. The van der Waals surface area contributed by atoms with Crippen LogP contribution < -0.4 is 9.83 Å². The molecule has 3 rings (SSSR count). The number of carbonyl (C=O) groups is 1. The van der Waals surface area contributed by atoms with E-state index in [1.165, 1.54) is 12.1 Å². The SMILES string of the molecule is O=C([O-])c1cc(S(=O)(=O)Nc2ccccc2Cc2ccccc2)ccc1Cl. The molecule has 0 atom stereocenters. The summed E-state index contributed by atoms with van der Waals surface area (Å²) in [5.41, 5.74) is 1.87. The van der Waals surface area contributed by atoms with E-state index in [-0.39, 0.29) is 15.5 Å². The summed E-state index contributed by atoms with van der Waals surface area (Å²) in [7, 11) is -4.00. The molecule has 138 valence electrons. The van der Waals surface area contributed by atoms with Crippen LogP contribution in [0.15, 0.2) is 77.7 Å². The van der Waals surface area contributed by atoms with Crippen LogP contribution in [0.2, 0.25) is 5.02 Å². The molecule has 0 aliphatic carbocycles. The summed E-state index contributed by atoms with van der Waals surface area (Å²) in [6, 6.07) is 20.1. The van der Waals surface area contributed by atoms with Crippen molar-refractivity contribution < 1.29 is 18.3 Å². The molecule has 1 N–H and O–H groups in total. The standard InChI is InChI=1S/C20H16ClNO4S/c21-18-11-10-16(13-17(18)20(23)24)27(25,26)22-19-9-5-4-8-15(19)12-14-6-2-1-3-7-14/h1-11,13,22H,12H2,(H,23,24)/p-1. The van der Waals surface area contributed by atoms with E-state index in [0.717, 1.165) is 17.2 Å². The second-order valence-electron chi connectivity index (χ2n) is 5.85. The number of carboxylic acid groups (broad SMARTS) is 1. The van der Waals surface area contributed by atoms with Crippen molar-refractivity contribution in [1.29, 1.82) is 0 Å². The van der Waals surface area contributed by atoms with Gasteiger partial charge in [0.05, 0.1) is 16.6 Å². The van der Waals surface area contributed by atoms with E-state index in [9.17, 15) is 18.3 Å². The second-order valence-corrected chi connectivity index (χ2v) is 7.94. The number of sulfonamides is 1. The molecule has 3 aromatic carbocycles. The van der Waals surface area contributed by atoms with E-state index in [2.05, 4.69) is 4.72 Å². The minimum atomic E-state index is -4.00. The van der Waals surface area contributed by atoms with Crippen molar-refractivity contribution in [3.63, 3.8) is 0 Å². The van der Waals surface area contributed by atoms with E-state index in [1.54, 1.807) is 12.1 Å². The molecule has 0 aliphatic heterocycles. The number of carbonyl (C=O) groups excluding carboxylic acids is 1. The summed E-state index contributed by atoms with van der Waals surface area (Å²) >= 11 is 5.78. The molecule has 0 amide bonds. The average molecular weight is 401 g/mol. The minimum absolute atomic E-state index is 0.0848. The van der Waals surface area contributed by atoms with Gasteiger partial charge < -0.3 is 9.90 Å². The van der Waals surface area contributed by atoms with Gasteiger partial charge in [-0.25, -0.2) is 8.42 Å². The van der Waals surface area contributed by atoms with Crippen molar-refractivity contribution in [1.82, 2.24) is 0 Å². The van der Waals surface area contributed by atoms with Gasteiger partial charge in [-0.3, -0.25) is 4.72 Å². The van der Waals surface area contributed by atoms with E-state index in [4.69, 9.17) is 11.6 Å². The van der Waals surface area contributed by atoms with Crippen LogP contribution in [0.25, 0.3) is 0 Å². The lowest BCUT2D eigenvalue weighted by molar-refractivity contribution is -0.255. The molecule has 0 aliphatic rings. The highest BCUT2D eigenvalue weighted by Gasteiger charge is 2.18. The van der Waals surface area contributed by atoms with Gasteiger partial charge in [0.25, 0.3) is 10.0 Å². The van der Waals surface area contributed by atoms with Gasteiger partial charge in [-0.2, -0.15) is 0 Å². The average Bonchev–Trinajstić information content (AvgIpc) is 2.64. The van der Waals surface area contributed by atoms with Crippen LogP contribution in [0.3, 0.4) is 0 Å². The Morgan fingerprint density at radius 1 is 0.963 bits per heavy atom. The van der Waals surface area contributed by atoms with Crippen molar-refractivity contribution >= 4 is 33.3 Å². The first kappa shape index (κ1) is 18.9. The Labute approximate surface area is 162 Å². The molecule has 0 saturated heterocycles. The predicted molar refractivity (Wildman–Crippen MR) is 102 cm³/mol. The molecule has 27 heavy (non-hydrogen) atoms. The Kier molecular flexibility index (Phi) is 5.48. The molecule has 0 radical (unpaired) electrons. The summed E-state index contributed by atoms with van der Waals surface area (Å²) in [4.78, 5) is 10.9. The van der Waals surface area contributed by atoms with Crippen LogP contribution in [-0.2, 0) is 16.4 Å². The van der Waals surface area contributed by atoms with Gasteiger partial charge in [-0.1, -0.05) is 60.1 Å². The first-order valence-electron chi connectivity index (χ1n) is 8.02. The largest absolute Gasteiger partial charge is 0.545 e. The van der Waals surface area contributed by atoms with Crippen molar-refractivity contribution in [2.75, 3.05) is 4.72 Å². The molecule has 7 heteroatoms. The van der Waals surface area contributed by atoms with Gasteiger partial charge in [0.15, 0.2) is 0 Å². The van der Waals surface area contributed by atoms with Crippen molar-refractivity contribution in [2.24, 2.45) is 0 Å². The Hall–Kier alpha value is -2.83. The molecule has 0 bridgehead atoms. The maximum atomic E-state index is 12.7. The smallest absolute Gasteiger partial charge is 0.261 e. The highest BCUT2D eigenvalue weighted by molar-refractivity contribution is 7.92. The predicted octanol–water partition coefficient (Wildman–Crippen LogP) is 3.10. The quantitative estimate of drug-likeness (QED) is 0.688. The van der Waals surface area contributed by atoms with E-state index in [1.807, 2.05) is 42.5 Å². The topological polar surface area (TPSA) is 86.3 Å². The first-order valence-corrected chi connectivity index (χ1v) is 9.88. The lowest BCUT2D eigenvalue weighted by Crippen LogP contribution is -2.23. The molecule has 0 unspecified atom stereocenters. The second kappa shape index (κ2) is 7.82. The van der Waals surface area contributed by atoms with Crippen LogP contribution >= 0.6 is 11.6 Å². The Morgan fingerprint density at radius 2 is 1.63 bits per heavy atom. The Balaban J connectivity index is 1.93. The third-order valence-electron chi connectivity index (χ3n) is 3.97. The molecule has 0 saturated carbocycles. The van der Waals surface area contributed by atoms with Crippen LogP contribution in [0.4, 0.5) is 5.69 Å². The van der Waals surface area contributed by atoms with E-state index < -0.39 is 16.0 Å². The number of para-hydroxylation sites is 1. The number of nitrogens with one attached hydrogen (secondary N) is 1. The molecular formula is C20H15ClNO4S-. The van der Waals surface area contributed by atoms with Gasteiger partial charge >= 0.3 is 0 Å². The zero-order chi connectivity index (χ0) is 19.4. The van der Waals surface area contributed by atoms with Crippen molar-refractivity contribution in [3.05, 3.63) is 94.5 Å². The summed E-state index contributed by atoms with van der Waals surface area (Å²) in [6.45, 7) is 0. The number of anilines is 1. The third-order valence-corrected chi connectivity index (χ3v) is 5.66. The number of carboxylic acids is 1. The third kappa shape index (κ3) is 4.48. The lowest BCUT2D eigenvalue weighted by atomic mass is 10.0. The monoisotopic (exact) mass is 400 g/mol. The number of halogens is 1. The fourth-order valence-electron chi connectivity index (χ4n) is 2.62. The van der Waals surface area contributed by atoms with Crippen molar-refractivity contribution in [2.45, 2.75) is 11.3 Å². The summed E-state index contributed by atoms with van der Waals surface area (Å²) < 4.78 is 28.0. The van der Waals surface area contributed by atoms with Gasteiger partial charge in [0.1, 0.15) is 0 Å². The lowest BCUT2D eigenvalue weighted by Gasteiger charge is -2.14. The molecule has 0 heterocycles. The van der Waals surface area contributed by atoms with Crippen molar-refractivity contribution in [3.8, 4) is 0 Å². The number of hydrogen-bond acceptors (Lipinski definition) is 4. The minimum Gasteiger partial charge on any atom is -0.545 e. The fraction of sp³-hybridized carbons (Fsp3) is 0.0500. The number of aromatic carboxylic acids is 1. The molecule has 0 spiro atoms. The summed E-state index contributed by atoms with van der Waals surface area (Å²) in [6.07, 6.45) is 0.546. The number of hydrogen-bond donors (Lipinski definition) is 1. The summed E-state index contributed by atoms with van der Waals surface area (Å²) in [5.74, 6) is -1.54. The number of rotatable bonds is 6. The van der Waals surface area contributed by atoms with Gasteiger partial charge in [-0.05, 0) is 41.8 Å². The van der Waals surface area contributed by atoms with Crippen LogP contribution in [-0.4, -0.2) is 14.4 Å². The Morgan fingerprint density at radius 3 is 2.33 bits per heavy atom. The first-order chi connectivity index (χ1) is 12.9. The maximum Gasteiger partial charge on any atom is 0.261 e.